The molecule has 1 aromatic heterocycles. The number of piperazine rings is 1. The number of carbonyl (C=O) groups excluding carboxylic acids is 1. The largest absolute Gasteiger partial charge is 0.468 e. The maximum atomic E-state index is 17.0. The average Bonchev–Trinajstić information content (AvgIpc) is 3.32. The minimum Gasteiger partial charge on any atom is -0.468 e. The number of fused-ring (bicyclic) bond motifs is 4. The second kappa shape index (κ2) is 14.1. The van der Waals surface area contributed by atoms with Gasteiger partial charge in [-0.05, 0) is 68.1 Å². The number of amides is 1. The predicted molar refractivity (Wildman–Crippen MR) is 188 cm³/mol. The molecular formula is C35H41ClFN7O5. The highest BCUT2D eigenvalue weighted by atomic mass is 35.5. The SMILES string of the molecule is COCOc1cc(-c2c(Cl)cc3c(N4CC5CCC(C4)N5C(=O)OC(C)(C)C)nc(OCCCN=C(N)N)nc3c2F)c2ccccc2c1. The van der Waals surface area contributed by atoms with E-state index < -0.39 is 11.4 Å². The Kier molecular flexibility index (Phi) is 9.84. The minimum atomic E-state index is -0.624. The van der Waals surface area contributed by atoms with Gasteiger partial charge in [0.25, 0.3) is 0 Å². The zero-order valence-corrected chi connectivity index (χ0v) is 28.8. The lowest BCUT2D eigenvalue weighted by Gasteiger charge is -2.42. The molecule has 1 amide bonds. The summed E-state index contributed by atoms with van der Waals surface area (Å²) in [6, 6.07) is 12.7. The van der Waals surface area contributed by atoms with E-state index in [1.54, 1.807) is 12.1 Å². The van der Waals surface area contributed by atoms with Gasteiger partial charge >= 0.3 is 12.1 Å². The third-order valence-electron chi connectivity index (χ3n) is 8.50. The van der Waals surface area contributed by atoms with Crippen LogP contribution in [0.5, 0.6) is 11.8 Å². The Balaban J connectivity index is 1.44. The second-order valence-electron chi connectivity index (χ2n) is 13.2. The number of hydrogen-bond acceptors (Lipinski definition) is 9. The van der Waals surface area contributed by atoms with Crippen molar-refractivity contribution >= 4 is 51.1 Å². The summed E-state index contributed by atoms with van der Waals surface area (Å²) in [5.41, 5.74) is 11.1. The van der Waals surface area contributed by atoms with Crippen LogP contribution in [0.25, 0.3) is 32.8 Å². The molecule has 2 saturated heterocycles. The zero-order valence-electron chi connectivity index (χ0n) is 28.0. The first-order valence-electron chi connectivity index (χ1n) is 16.2. The summed E-state index contributed by atoms with van der Waals surface area (Å²) in [6.07, 6.45) is 1.78. The minimum absolute atomic E-state index is 0.00308. The molecule has 2 atom stereocenters. The van der Waals surface area contributed by atoms with Crippen LogP contribution < -0.4 is 25.8 Å². The summed E-state index contributed by atoms with van der Waals surface area (Å²) in [7, 11) is 1.53. The van der Waals surface area contributed by atoms with Gasteiger partial charge in [0, 0.05) is 44.1 Å². The number of hydrogen-bond donors (Lipinski definition) is 2. The van der Waals surface area contributed by atoms with Gasteiger partial charge in [-0.1, -0.05) is 35.9 Å². The molecule has 2 aliphatic rings. The molecule has 2 bridgehead atoms. The molecular weight excluding hydrogens is 653 g/mol. The van der Waals surface area contributed by atoms with Gasteiger partial charge in [0.1, 0.15) is 22.7 Å². The number of nitrogens with zero attached hydrogens (tertiary/aromatic N) is 5. The highest BCUT2D eigenvalue weighted by Gasteiger charge is 2.45. The average molecular weight is 694 g/mol. The van der Waals surface area contributed by atoms with E-state index in [1.165, 1.54) is 7.11 Å². The summed E-state index contributed by atoms with van der Waals surface area (Å²) in [5.74, 6) is 0.331. The van der Waals surface area contributed by atoms with E-state index >= 15 is 4.39 Å². The van der Waals surface area contributed by atoms with Crippen LogP contribution in [0, 0.1) is 5.82 Å². The van der Waals surface area contributed by atoms with Gasteiger partial charge < -0.3 is 35.3 Å². The Hall–Kier alpha value is -4.62. The van der Waals surface area contributed by atoms with Crippen LogP contribution in [0.4, 0.5) is 15.0 Å². The number of ether oxygens (including phenoxy) is 4. The fourth-order valence-corrected chi connectivity index (χ4v) is 6.83. The zero-order chi connectivity index (χ0) is 34.9. The van der Waals surface area contributed by atoms with Crippen molar-refractivity contribution in [2.24, 2.45) is 16.5 Å². The van der Waals surface area contributed by atoms with Gasteiger partial charge in [-0.25, -0.2) is 9.18 Å². The number of aliphatic imine (C=N–C) groups is 1. The second-order valence-corrected chi connectivity index (χ2v) is 13.6. The Morgan fingerprint density at radius 3 is 2.49 bits per heavy atom. The van der Waals surface area contributed by atoms with E-state index in [1.807, 2.05) is 56.0 Å². The van der Waals surface area contributed by atoms with E-state index in [2.05, 4.69) is 14.9 Å². The van der Waals surface area contributed by atoms with Crippen molar-refractivity contribution in [1.82, 2.24) is 14.9 Å². The van der Waals surface area contributed by atoms with Crippen molar-refractivity contribution in [3.8, 4) is 22.9 Å². The lowest BCUT2D eigenvalue weighted by Crippen LogP contribution is -2.57. The topological polar surface area (TPSA) is 151 Å². The van der Waals surface area contributed by atoms with Crippen molar-refractivity contribution in [3.05, 3.63) is 53.3 Å². The Bertz CT molecular complexity index is 1880. The van der Waals surface area contributed by atoms with Crippen molar-refractivity contribution < 1.29 is 28.1 Å². The van der Waals surface area contributed by atoms with Crippen LogP contribution in [-0.2, 0) is 9.47 Å². The summed E-state index contributed by atoms with van der Waals surface area (Å²) in [5, 5.41) is 2.24. The van der Waals surface area contributed by atoms with Crippen molar-refractivity contribution in [2.75, 3.05) is 45.0 Å². The molecule has 4 N–H and O–H groups in total. The van der Waals surface area contributed by atoms with E-state index in [0.29, 0.717) is 48.6 Å². The van der Waals surface area contributed by atoms with Crippen LogP contribution >= 0.6 is 11.6 Å². The number of rotatable bonds is 10. The first-order valence-corrected chi connectivity index (χ1v) is 16.6. The molecule has 12 nitrogen and oxygen atoms in total. The molecule has 0 radical (unpaired) electrons. The smallest absolute Gasteiger partial charge is 0.410 e. The van der Waals surface area contributed by atoms with E-state index in [4.69, 9.17) is 47.0 Å². The number of halogens is 2. The van der Waals surface area contributed by atoms with Gasteiger partial charge in [-0.3, -0.25) is 9.89 Å². The van der Waals surface area contributed by atoms with Gasteiger partial charge in [0.05, 0.1) is 23.7 Å². The molecule has 2 aliphatic heterocycles. The molecule has 4 aromatic rings. The van der Waals surface area contributed by atoms with Crippen LogP contribution in [0.2, 0.25) is 5.02 Å². The monoisotopic (exact) mass is 693 g/mol. The van der Waals surface area contributed by atoms with Gasteiger partial charge in [-0.2, -0.15) is 9.97 Å². The summed E-state index contributed by atoms with van der Waals surface area (Å²) < 4.78 is 39.6. The van der Waals surface area contributed by atoms with Crippen molar-refractivity contribution in [3.63, 3.8) is 0 Å². The first kappa shape index (κ1) is 34.3. The fraction of sp³-hybridized carbons (Fsp3) is 0.429. The molecule has 3 heterocycles. The van der Waals surface area contributed by atoms with Crippen molar-refractivity contribution in [2.45, 2.75) is 57.7 Å². The molecule has 0 saturated carbocycles. The maximum Gasteiger partial charge on any atom is 0.410 e. The summed E-state index contributed by atoms with van der Waals surface area (Å²) in [6.45, 7) is 7.07. The van der Waals surface area contributed by atoms with Crippen LogP contribution in [0.3, 0.4) is 0 Å². The third kappa shape index (κ3) is 7.37. The van der Waals surface area contributed by atoms with E-state index in [0.717, 1.165) is 23.6 Å². The standard InChI is InChI=1S/C35H41ClFN7O5/c1-35(2,3)49-34(45)44-21-10-11-22(44)18-43(17-21)31-26-16-27(36)28(25-15-23(48-19-46-4)14-20-8-5-6-9-24(20)25)29(37)30(26)41-33(42-31)47-13-7-12-40-32(38)39/h5-6,8-9,14-16,21-22H,7,10-13,17-19H2,1-4H3,(H4,38,39,40). The molecule has 2 fully saturated rings. The van der Waals surface area contributed by atoms with E-state index in [9.17, 15) is 4.79 Å². The number of carbonyl (C=O) groups is 1. The normalized spacial score (nSPS) is 17.4. The maximum absolute atomic E-state index is 17.0. The number of aromatic nitrogens is 2. The van der Waals surface area contributed by atoms with Gasteiger partial charge in [0.15, 0.2) is 18.6 Å². The van der Waals surface area contributed by atoms with Crippen LogP contribution in [0.15, 0.2) is 47.5 Å². The molecule has 0 aliphatic carbocycles. The number of anilines is 1. The predicted octanol–water partition coefficient (Wildman–Crippen LogP) is 5.86. The van der Waals surface area contributed by atoms with Gasteiger partial charge in [0.2, 0.25) is 0 Å². The van der Waals surface area contributed by atoms with Crippen LogP contribution in [-0.4, -0.2) is 84.7 Å². The molecule has 6 rings (SSSR count). The lowest BCUT2D eigenvalue weighted by molar-refractivity contribution is 0.0122. The molecule has 14 heteroatoms. The van der Waals surface area contributed by atoms with Gasteiger partial charge in [-0.15, -0.1) is 0 Å². The molecule has 260 valence electrons. The van der Waals surface area contributed by atoms with Crippen molar-refractivity contribution in [1.29, 1.82) is 0 Å². The Labute approximate surface area is 289 Å². The number of nitrogens with two attached hydrogens (primary N) is 2. The number of guanidine groups is 1. The first-order chi connectivity index (χ1) is 23.4. The van der Waals surface area contributed by atoms with Crippen LogP contribution in [0.1, 0.15) is 40.0 Å². The lowest BCUT2D eigenvalue weighted by atomic mass is 9.96. The quantitative estimate of drug-likeness (QED) is 0.0895. The highest BCUT2D eigenvalue weighted by molar-refractivity contribution is 6.35. The molecule has 0 spiro atoms. The molecule has 3 aromatic carbocycles. The Morgan fingerprint density at radius 2 is 1.80 bits per heavy atom. The van der Waals surface area contributed by atoms with E-state index in [-0.39, 0.29) is 59.6 Å². The fourth-order valence-electron chi connectivity index (χ4n) is 6.54. The summed E-state index contributed by atoms with van der Waals surface area (Å²) >= 11 is 6.98. The Morgan fingerprint density at radius 1 is 1.06 bits per heavy atom. The molecule has 2 unspecified atom stereocenters. The number of methoxy groups -OCH3 is 1. The summed E-state index contributed by atoms with van der Waals surface area (Å²) in [4.78, 5) is 30.4. The molecule has 49 heavy (non-hydrogen) atoms. The number of benzene rings is 3. The highest BCUT2D eigenvalue weighted by Crippen LogP contribution is 2.43. The third-order valence-corrected chi connectivity index (χ3v) is 8.80.